The van der Waals surface area contributed by atoms with Crippen LogP contribution in [0.2, 0.25) is 0 Å². The van der Waals surface area contributed by atoms with Gasteiger partial charge in [0.2, 0.25) is 0 Å². The van der Waals surface area contributed by atoms with Crippen LogP contribution < -0.4 is 5.73 Å². The van der Waals surface area contributed by atoms with Gasteiger partial charge in [0, 0.05) is 10.9 Å². The minimum atomic E-state index is -0.211. The number of hydrogen-bond donors (Lipinski definition) is 1. The molecule has 1 aromatic heterocycles. The highest BCUT2D eigenvalue weighted by molar-refractivity contribution is 5.81. The Bertz CT molecular complexity index is 449. The Morgan fingerprint density at radius 1 is 1.43 bits per heavy atom. The van der Waals surface area contributed by atoms with Crippen LogP contribution in [-0.2, 0) is 0 Å². The van der Waals surface area contributed by atoms with E-state index in [1.165, 1.54) is 6.07 Å². The first-order valence-corrected chi connectivity index (χ1v) is 4.59. The maximum absolute atomic E-state index is 13.5. The first-order chi connectivity index (χ1) is 6.74. The van der Waals surface area contributed by atoms with Crippen LogP contribution in [0.15, 0.2) is 28.9 Å². The van der Waals surface area contributed by atoms with Crippen LogP contribution in [0.1, 0.15) is 18.4 Å². The number of halogens is 1. The lowest BCUT2D eigenvalue weighted by Gasteiger charge is -2.10. The van der Waals surface area contributed by atoms with Gasteiger partial charge in [-0.25, -0.2) is 4.39 Å². The number of nitrogens with two attached hydrogens (primary N) is 1. The Balaban J connectivity index is 2.70. The molecule has 0 aliphatic carbocycles. The van der Waals surface area contributed by atoms with Gasteiger partial charge in [0.25, 0.3) is 0 Å². The third-order valence-electron chi connectivity index (χ3n) is 2.47. The summed E-state index contributed by atoms with van der Waals surface area (Å²) in [5.41, 5.74) is 6.90. The highest BCUT2D eigenvalue weighted by Gasteiger charge is 2.14. The predicted molar refractivity (Wildman–Crippen MR) is 53.6 cm³/mol. The van der Waals surface area contributed by atoms with Crippen LogP contribution >= 0.6 is 0 Å². The lowest BCUT2D eigenvalue weighted by molar-refractivity contribution is 0.588. The topological polar surface area (TPSA) is 39.2 Å². The molecule has 0 saturated carbocycles. The minimum absolute atomic E-state index is 0.0105. The molecule has 0 fully saturated rings. The lowest BCUT2D eigenvalue weighted by atomic mass is 9.97. The molecule has 2 rings (SSSR count). The first-order valence-electron chi connectivity index (χ1n) is 4.59. The van der Waals surface area contributed by atoms with Crippen molar-refractivity contribution >= 4 is 11.0 Å². The number of rotatable bonds is 2. The Labute approximate surface area is 81.5 Å². The molecule has 0 spiro atoms. The number of furan rings is 1. The summed E-state index contributed by atoms with van der Waals surface area (Å²) in [6.45, 7) is 2.34. The average molecular weight is 193 g/mol. The van der Waals surface area contributed by atoms with E-state index in [4.69, 9.17) is 10.2 Å². The summed E-state index contributed by atoms with van der Waals surface area (Å²) < 4.78 is 18.7. The quantitative estimate of drug-likeness (QED) is 0.796. The first kappa shape index (κ1) is 9.21. The molecule has 2 aromatic rings. The van der Waals surface area contributed by atoms with Crippen LogP contribution in [0.3, 0.4) is 0 Å². The van der Waals surface area contributed by atoms with Crippen molar-refractivity contribution in [3.63, 3.8) is 0 Å². The largest absolute Gasteiger partial charge is 0.464 e. The zero-order valence-corrected chi connectivity index (χ0v) is 7.96. The molecular formula is C11H12FNO. The van der Waals surface area contributed by atoms with Gasteiger partial charge in [-0.2, -0.15) is 0 Å². The molecule has 0 saturated heterocycles. The van der Waals surface area contributed by atoms with E-state index in [1.807, 2.05) is 6.92 Å². The Morgan fingerprint density at radius 3 is 2.93 bits per heavy atom. The van der Waals surface area contributed by atoms with Crippen molar-refractivity contribution in [3.05, 3.63) is 35.8 Å². The van der Waals surface area contributed by atoms with Crippen LogP contribution in [0.4, 0.5) is 4.39 Å². The summed E-state index contributed by atoms with van der Waals surface area (Å²) >= 11 is 0. The van der Waals surface area contributed by atoms with Gasteiger partial charge in [0.1, 0.15) is 11.4 Å². The summed E-state index contributed by atoms with van der Waals surface area (Å²) in [7, 11) is 0. The highest BCUT2D eigenvalue weighted by Crippen LogP contribution is 2.28. The van der Waals surface area contributed by atoms with E-state index in [2.05, 4.69) is 0 Å². The zero-order valence-electron chi connectivity index (χ0n) is 7.96. The molecule has 14 heavy (non-hydrogen) atoms. The number of benzene rings is 1. The van der Waals surface area contributed by atoms with Gasteiger partial charge in [-0.1, -0.05) is 6.92 Å². The predicted octanol–water partition coefficient (Wildman–Crippen LogP) is 2.63. The van der Waals surface area contributed by atoms with Gasteiger partial charge in [0.15, 0.2) is 0 Å². The van der Waals surface area contributed by atoms with Crippen LogP contribution in [0.5, 0.6) is 0 Å². The molecule has 3 heteroatoms. The van der Waals surface area contributed by atoms with Crippen molar-refractivity contribution < 1.29 is 8.81 Å². The van der Waals surface area contributed by atoms with Crippen LogP contribution in [-0.4, -0.2) is 6.54 Å². The molecule has 0 radical (unpaired) electrons. The fraction of sp³-hybridized carbons (Fsp3) is 0.273. The summed E-state index contributed by atoms with van der Waals surface area (Å²) in [6.07, 6.45) is 1.57. The van der Waals surface area contributed by atoms with E-state index in [0.29, 0.717) is 17.7 Å². The van der Waals surface area contributed by atoms with Gasteiger partial charge in [-0.05, 0) is 30.7 Å². The third kappa shape index (κ3) is 1.30. The second kappa shape index (κ2) is 3.42. The van der Waals surface area contributed by atoms with Gasteiger partial charge in [-0.15, -0.1) is 0 Å². The molecule has 1 aromatic carbocycles. The summed E-state index contributed by atoms with van der Waals surface area (Å²) in [5.74, 6) is -0.201. The van der Waals surface area contributed by atoms with E-state index in [0.717, 1.165) is 5.39 Å². The molecule has 0 bridgehead atoms. The Morgan fingerprint density at radius 2 is 2.21 bits per heavy atom. The van der Waals surface area contributed by atoms with Crippen LogP contribution in [0.25, 0.3) is 11.0 Å². The minimum Gasteiger partial charge on any atom is -0.464 e. The van der Waals surface area contributed by atoms with Crippen molar-refractivity contribution in [2.75, 3.05) is 6.54 Å². The van der Waals surface area contributed by atoms with Crippen molar-refractivity contribution in [3.8, 4) is 0 Å². The number of fused-ring (bicyclic) bond motifs is 1. The van der Waals surface area contributed by atoms with Gasteiger partial charge < -0.3 is 10.2 Å². The highest BCUT2D eigenvalue weighted by atomic mass is 19.1. The second-order valence-corrected chi connectivity index (χ2v) is 3.43. The summed E-state index contributed by atoms with van der Waals surface area (Å²) in [4.78, 5) is 0. The normalized spacial score (nSPS) is 13.4. The fourth-order valence-electron chi connectivity index (χ4n) is 1.66. The van der Waals surface area contributed by atoms with Crippen molar-refractivity contribution in [2.45, 2.75) is 12.8 Å². The monoisotopic (exact) mass is 193 g/mol. The van der Waals surface area contributed by atoms with Gasteiger partial charge in [-0.3, -0.25) is 0 Å². The molecule has 0 amide bonds. The smallest absolute Gasteiger partial charge is 0.134 e. The van der Waals surface area contributed by atoms with E-state index in [-0.39, 0.29) is 11.7 Å². The number of hydrogen-bond acceptors (Lipinski definition) is 2. The Hall–Kier alpha value is -1.35. The summed E-state index contributed by atoms with van der Waals surface area (Å²) in [6, 6.07) is 4.84. The molecule has 2 N–H and O–H groups in total. The van der Waals surface area contributed by atoms with E-state index < -0.39 is 0 Å². The average Bonchev–Trinajstić information content (AvgIpc) is 2.64. The summed E-state index contributed by atoms with van der Waals surface area (Å²) in [5, 5.41) is 0.822. The molecule has 0 aliphatic rings. The second-order valence-electron chi connectivity index (χ2n) is 3.43. The zero-order chi connectivity index (χ0) is 10.1. The lowest BCUT2D eigenvalue weighted by Crippen LogP contribution is -2.10. The molecule has 1 atom stereocenters. The third-order valence-corrected chi connectivity index (χ3v) is 2.47. The van der Waals surface area contributed by atoms with Crippen molar-refractivity contribution in [1.29, 1.82) is 0 Å². The maximum Gasteiger partial charge on any atom is 0.134 e. The SMILES string of the molecule is CC(CN)c1c(F)ccc2occc12. The molecule has 74 valence electrons. The molecule has 0 aliphatic heterocycles. The van der Waals surface area contributed by atoms with Gasteiger partial charge in [0.05, 0.1) is 6.26 Å². The maximum atomic E-state index is 13.5. The molecule has 2 nitrogen and oxygen atoms in total. The molecule has 1 unspecified atom stereocenters. The standard InChI is InChI=1S/C11H12FNO/c1-7(6-13)11-8-4-5-14-10(8)3-2-9(11)12/h2-5,7H,6,13H2,1H3. The van der Waals surface area contributed by atoms with Crippen molar-refractivity contribution in [1.82, 2.24) is 0 Å². The molecule has 1 heterocycles. The van der Waals surface area contributed by atoms with Crippen LogP contribution in [0, 0.1) is 5.82 Å². The van der Waals surface area contributed by atoms with E-state index >= 15 is 0 Å². The van der Waals surface area contributed by atoms with Gasteiger partial charge >= 0.3 is 0 Å². The van der Waals surface area contributed by atoms with E-state index in [9.17, 15) is 4.39 Å². The van der Waals surface area contributed by atoms with E-state index in [1.54, 1.807) is 18.4 Å². The molecular weight excluding hydrogens is 181 g/mol. The Kier molecular flexibility index (Phi) is 2.25. The fourth-order valence-corrected chi connectivity index (χ4v) is 1.66. The van der Waals surface area contributed by atoms with Crippen molar-refractivity contribution in [2.24, 2.45) is 5.73 Å².